The number of hydrogen-bond donors (Lipinski definition) is 1. The van der Waals surface area contributed by atoms with Crippen LogP contribution < -0.4 is 5.73 Å². The normalized spacial score (nSPS) is 12.9. The lowest BCUT2D eigenvalue weighted by Crippen LogP contribution is -2.26. The van der Waals surface area contributed by atoms with Crippen molar-refractivity contribution in [1.29, 1.82) is 0 Å². The molecule has 0 bridgehead atoms. The average Bonchev–Trinajstić information content (AvgIpc) is 2.82. The second-order valence-electron chi connectivity index (χ2n) is 5.97. The van der Waals surface area contributed by atoms with E-state index in [-0.39, 0.29) is 6.04 Å². The van der Waals surface area contributed by atoms with Gasteiger partial charge in [0.1, 0.15) is 0 Å². The zero-order valence-corrected chi connectivity index (χ0v) is 12.9. The van der Waals surface area contributed by atoms with Crippen molar-refractivity contribution in [3.63, 3.8) is 0 Å². The van der Waals surface area contributed by atoms with E-state index in [2.05, 4.69) is 57.1 Å². The van der Waals surface area contributed by atoms with Crippen LogP contribution in [0.5, 0.6) is 0 Å². The molecule has 0 aliphatic carbocycles. The third-order valence-corrected chi connectivity index (χ3v) is 3.73. The minimum absolute atomic E-state index is 0.118. The van der Waals surface area contributed by atoms with Crippen molar-refractivity contribution in [2.45, 2.75) is 52.6 Å². The Morgan fingerprint density at radius 2 is 1.85 bits per heavy atom. The summed E-state index contributed by atoms with van der Waals surface area (Å²) in [6.45, 7) is 8.55. The van der Waals surface area contributed by atoms with Crippen molar-refractivity contribution >= 4 is 0 Å². The summed E-state index contributed by atoms with van der Waals surface area (Å²) in [4.78, 5) is 0. The van der Waals surface area contributed by atoms with Crippen molar-refractivity contribution < 1.29 is 0 Å². The lowest BCUT2D eigenvalue weighted by Gasteiger charge is -2.12. The molecule has 20 heavy (non-hydrogen) atoms. The fourth-order valence-electron chi connectivity index (χ4n) is 2.35. The van der Waals surface area contributed by atoms with Gasteiger partial charge in [-0.1, -0.05) is 18.2 Å². The van der Waals surface area contributed by atoms with Gasteiger partial charge in [0.05, 0.1) is 5.69 Å². The summed E-state index contributed by atoms with van der Waals surface area (Å²) in [7, 11) is 0. The van der Waals surface area contributed by atoms with E-state index in [1.165, 1.54) is 16.7 Å². The monoisotopic (exact) mass is 271 g/mol. The molecule has 0 saturated heterocycles. The molecule has 1 heterocycles. The Morgan fingerprint density at radius 3 is 2.45 bits per heavy atom. The Bertz CT molecular complexity index is 569. The van der Waals surface area contributed by atoms with Crippen molar-refractivity contribution in [1.82, 2.24) is 9.78 Å². The van der Waals surface area contributed by atoms with Crippen molar-refractivity contribution in [3.8, 4) is 0 Å². The maximum absolute atomic E-state index is 6.26. The summed E-state index contributed by atoms with van der Waals surface area (Å²) >= 11 is 0. The highest BCUT2D eigenvalue weighted by Gasteiger charge is 2.09. The zero-order chi connectivity index (χ0) is 14.7. The molecule has 0 amide bonds. The van der Waals surface area contributed by atoms with Gasteiger partial charge in [-0.25, -0.2) is 0 Å². The topological polar surface area (TPSA) is 43.8 Å². The quantitative estimate of drug-likeness (QED) is 0.907. The molecule has 2 rings (SSSR count). The molecule has 1 aromatic heterocycles. The lowest BCUT2D eigenvalue weighted by molar-refractivity contribution is 0.521. The smallest absolute Gasteiger partial charge is 0.0640 e. The number of nitrogens with zero attached hydrogens (tertiary/aromatic N) is 2. The van der Waals surface area contributed by atoms with E-state index in [0.29, 0.717) is 6.04 Å². The van der Waals surface area contributed by atoms with Crippen LogP contribution in [0.3, 0.4) is 0 Å². The predicted molar refractivity (Wildman–Crippen MR) is 83.9 cm³/mol. The second-order valence-corrected chi connectivity index (χ2v) is 5.97. The number of benzene rings is 1. The van der Waals surface area contributed by atoms with Crippen LogP contribution in [0.4, 0.5) is 0 Å². The Labute approximate surface area is 121 Å². The molecule has 1 unspecified atom stereocenters. The van der Waals surface area contributed by atoms with Crippen LogP contribution in [0.15, 0.2) is 30.5 Å². The van der Waals surface area contributed by atoms with E-state index in [9.17, 15) is 0 Å². The molecule has 108 valence electrons. The molecular weight excluding hydrogens is 246 g/mol. The fourth-order valence-corrected chi connectivity index (χ4v) is 2.35. The first kappa shape index (κ1) is 14.8. The first-order valence-corrected chi connectivity index (χ1v) is 7.31. The minimum Gasteiger partial charge on any atom is -0.327 e. The van der Waals surface area contributed by atoms with Gasteiger partial charge in [0.15, 0.2) is 0 Å². The summed E-state index contributed by atoms with van der Waals surface area (Å²) in [6, 6.07) is 9.18. The molecule has 0 spiro atoms. The number of rotatable bonds is 5. The summed E-state index contributed by atoms with van der Waals surface area (Å²) in [5, 5.41) is 4.56. The maximum atomic E-state index is 6.26. The summed E-state index contributed by atoms with van der Waals surface area (Å²) in [5.74, 6) is 0. The van der Waals surface area contributed by atoms with Crippen LogP contribution in [0.1, 0.15) is 42.3 Å². The Balaban J connectivity index is 1.97. The van der Waals surface area contributed by atoms with Crippen LogP contribution in [-0.4, -0.2) is 15.8 Å². The summed E-state index contributed by atoms with van der Waals surface area (Å²) in [5.41, 5.74) is 11.3. The largest absolute Gasteiger partial charge is 0.327 e. The third kappa shape index (κ3) is 3.70. The highest BCUT2D eigenvalue weighted by molar-refractivity contribution is 5.30. The predicted octanol–water partition coefficient (Wildman–Crippen LogP) is 3.19. The van der Waals surface area contributed by atoms with Crippen LogP contribution in [0.2, 0.25) is 0 Å². The molecule has 3 heteroatoms. The van der Waals surface area contributed by atoms with E-state index in [1.807, 2.05) is 10.9 Å². The molecular formula is C17H25N3. The Hall–Kier alpha value is -1.61. The fraction of sp³-hybridized carbons (Fsp3) is 0.471. The molecule has 2 aromatic rings. The Morgan fingerprint density at radius 1 is 1.10 bits per heavy atom. The Kier molecular flexibility index (Phi) is 4.61. The van der Waals surface area contributed by atoms with Gasteiger partial charge in [-0.15, -0.1) is 0 Å². The molecule has 1 atom stereocenters. The van der Waals surface area contributed by atoms with Gasteiger partial charge in [0, 0.05) is 24.7 Å². The van der Waals surface area contributed by atoms with Crippen LogP contribution in [0.25, 0.3) is 0 Å². The van der Waals surface area contributed by atoms with Gasteiger partial charge in [0.25, 0.3) is 0 Å². The van der Waals surface area contributed by atoms with Gasteiger partial charge in [0.2, 0.25) is 0 Å². The highest BCUT2D eigenvalue weighted by atomic mass is 15.3. The van der Waals surface area contributed by atoms with Crippen LogP contribution in [0, 0.1) is 13.8 Å². The number of aryl methyl sites for hydroxylation is 2. The second kappa shape index (κ2) is 6.23. The van der Waals surface area contributed by atoms with Gasteiger partial charge in [-0.3, -0.25) is 4.68 Å². The molecule has 0 aliphatic rings. The SMILES string of the molecule is Cc1ccc(CC(N)Cc2ccn(C(C)C)n2)cc1C. The first-order valence-electron chi connectivity index (χ1n) is 7.31. The molecule has 2 N–H and O–H groups in total. The van der Waals surface area contributed by atoms with Crippen LogP contribution >= 0.6 is 0 Å². The molecule has 3 nitrogen and oxygen atoms in total. The highest BCUT2D eigenvalue weighted by Crippen LogP contribution is 2.13. The van der Waals surface area contributed by atoms with Gasteiger partial charge < -0.3 is 5.73 Å². The van der Waals surface area contributed by atoms with E-state index in [1.54, 1.807) is 0 Å². The van der Waals surface area contributed by atoms with E-state index in [0.717, 1.165) is 18.5 Å². The zero-order valence-electron chi connectivity index (χ0n) is 12.9. The van der Waals surface area contributed by atoms with E-state index < -0.39 is 0 Å². The van der Waals surface area contributed by atoms with Gasteiger partial charge in [-0.05, 0) is 56.9 Å². The summed E-state index contributed by atoms with van der Waals surface area (Å²) < 4.78 is 1.98. The average molecular weight is 271 g/mol. The molecule has 1 aromatic carbocycles. The molecule has 0 aliphatic heterocycles. The first-order chi connectivity index (χ1) is 9.45. The maximum Gasteiger partial charge on any atom is 0.0640 e. The molecule has 0 fully saturated rings. The minimum atomic E-state index is 0.118. The molecule has 0 radical (unpaired) electrons. The number of nitrogens with two attached hydrogens (primary N) is 1. The van der Waals surface area contributed by atoms with E-state index in [4.69, 9.17) is 5.73 Å². The lowest BCUT2D eigenvalue weighted by atomic mass is 9.99. The third-order valence-electron chi connectivity index (χ3n) is 3.73. The summed E-state index contributed by atoms with van der Waals surface area (Å²) in [6.07, 6.45) is 3.76. The number of hydrogen-bond acceptors (Lipinski definition) is 2. The van der Waals surface area contributed by atoms with Crippen LogP contribution in [-0.2, 0) is 12.8 Å². The molecule has 0 saturated carbocycles. The van der Waals surface area contributed by atoms with Crippen molar-refractivity contribution in [2.24, 2.45) is 5.73 Å². The van der Waals surface area contributed by atoms with Gasteiger partial charge >= 0.3 is 0 Å². The standard InChI is InChI=1S/C17H25N3/c1-12(2)20-8-7-17(19-20)11-16(18)10-15-6-5-13(3)14(4)9-15/h5-9,12,16H,10-11,18H2,1-4H3. The van der Waals surface area contributed by atoms with Gasteiger partial charge in [-0.2, -0.15) is 5.10 Å². The van der Waals surface area contributed by atoms with Crippen molar-refractivity contribution in [2.75, 3.05) is 0 Å². The number of aromatic nitrogens is 2. The van der Waals surface area contributed by atoms with Crippen molar-refractivity contribution in [3.05, 3.63) is 52.8 Å². The van der Waals surface area contributed by atoms with E-state index >= 15 is 0 Å².